The van der Waals surface area contributed by atoms with Crippen molar-refractivity contribution in [2.75, 3.05) is 31.5 Å². The van der Waals surface area contributed by atoms with Crippen LogP contribution >= 0.6 is 0 Å². The van der Waals surface area contributed by atoms with Gasteiger partial charge < -0.3 is 32.7 Å². The van der Waals surface area contributed by atoms with Gasteiger partial charge in [0.2, 0.25) is 17.7 Å². The van der Waals surface area contributed by atoms with Gasteiger partial charge in [0, 0.05) is 31.9 Å². The summed E-state index contributed by atoms with van der Waals surface area (Å²) in [6.45, 7) is 7.44. The van der Waals surface area contributed by atoms with Crippen LogP contribution in [-0.2, 0) is 26.2 Å². The highest BCUT2D eigenvalue weighted by atomic mass is 16.2. The fourth-order valence-electron chi connectivity index (χ4n) is 4.05. The molecule has 0 heterocycles. The molecule has 2 atom stereocenters. The van der Waals surface area contributed by atoms with Gasteiger partial charge in [-0.2, -0.15) is 0 Å². The molecule has 0 aromatic heterocycles. The van der Waals surface area contributed by atoms with Crippen molar-refractivity contribution < 1.29 is 14.4 Å². The fourth-order valence-corrected chi connectivity index (χ4v) is 4.05. The molecule has 37 heavy (non-hydrogen) atoms. The Bertz CT molecular complexity index is 1020. The van der Waals surface area contributed by atoms with E-state index in [9.17, 15) is 14.4 Å². The molecule has 202 valence electrons. The highest BCUT2D eigenvalue weighted by Crippen LogP contribution is 2.29. The lowest BCUT2D eigenvalue weighted by molar-refractivity contribution is -0.134. The topological polar surface area (TPSA) is 157 Å². The van der Waals surface area contributed by atoms with Crippen LogP contribution in [0.2, 0.25) is 0 Å². The molecule has 0 aliphatic rings. The number of nitrogens with two attached hydrogens (primary N) is 3. The summed E-state index contributed by atoms with van der Waals surface area (Å²) in [7, 11) is 0. The van der Waals surface area contributed by atoms with Crippen LogP contribution in [0, 0.1) is 0 Å². The molecule has 0 fully saturated rings. The van der Waals surface area contributed by atoms with Crippen LogP contribution in [0.1, 0.15) is 44.7 Å². The zero-order chi connectivity index (χ0) is 27.4. The first-order chi connectivity index (χ1) is 17.6. The highest BCUT2D eigenvalue weighted by molar-refractivity contribution is 5.99. The molecule has 2 aromatic rings. The van der Waals surface area contributed by atoms with Gasteiger partial charge >= 0.3 is 0 Å². The second-order valence-corrected chi connectivity index (χ2v) is 10.1. The number of carbonyl (C=O) groups excluding carboxylic acids is 3. The molecule has 3 amide bonds. The van der Waals surface area contributed by atoms with Crippen LogP contribution in [0.25, 0.3) is 0 Å². The van der Waals surface area contributed by atoms with E-state index >= 15 is 0 Å². The molecule has 0 radical (unpaired) electrons. The van der Waals surface area contributed by atoms with Crippen molar-refractivity contribution in [2.45, 2.75) is 57.5 Å². The maximum atomic E-state index is 13.4. The molecule has 9 nitrogen and oxygen atoms in total. The minimum atomic E-state index is -1.11. The predicted molar refractivity (Wildman–Crippen MR) is 148 cm³/mol. The molecule has 0 saturated carbocycles. The first-order valence-corrected chi connectivity index (χ1v) is 12.7. The molecule has 2 aromatic carbocycles. The van der Waals surface area contributed by atoms with Crippen LogP contribution in [-0.4, -0.2) is 60.9 Å². The predicted octanol–water partition coefficient (Wildman–Crippen LogP) is 1.50. The zero-order valence-corrected chi connectivity index (χ0v) is 22.2. The van der Waals surface area contributed by atoms with Gasteiger partial charge in [0.05, 0.1) is 12.5 Å². The van der Waals surface area contributed by atoms with E-state index in [0.717, 1.165) is 11.1 Å². The Kier molecular flexibility index (Phi) is 11.7. The van der Waals surface area contributed by atoms with Gasteiger partial charge in [0.25, 0.3) is 0 Å². The lowest BCUT2D eigenvalue weighted by Gasteiger charge is -2.26. The summed E-state index contributed by atoms with van der Waals surface area (Å²) >= 11 is 0. The van der Waals surface area contributed by atoms with Crippen molar-refractivity contribution >= 4 is 23.4 Å². The Morgan fingerprint density at radius 1 is 0.892 bits per heavy atom. The average molecular weight is 511 g/mol. The molecule has 0 aliphatic carbocycles. The number of carbonyl (C=O) groups is 3. The van der Waals surface area contributed by atoms with Crippen LogP contribution in [0.15, 0.2) is 54.6 Å². The first-order valence-electron chi connectivity index (χ1n) is 12.7. The Morgan fingerprint density at radius 2 is 1.49 bits per heavy atom. The van der Waals surface area contributed by atoms with Gasteiger partial charge in [-0.15, -0.1) is 0 Å². The number of hydrogen-bond donors (Lipinski definition) is 5. The van der Waals surface area contributed by atoms with Gasteiger partial charge in [-0.05, 0) is 35.4 Å². The molecule has 0 aliphatic heterocycles. The summed E-state index contributed by atoms with van der Waals surface area (Å²) in [5, 5.41) is 5.77. The van der Waals surface area contributed by atoms with Crippen molar-refractivity contribution in [1.82, 2.24) is 10.2 Å². The maximum Gasteiger partial charge on any atom is 0.246 e. The lowest BCUT2D eigenvalue weighted by Crippen LogP contribution is -2.52. The SMILES string of the molecule is CC(C)(C)c1ccccc1NC(=O)C(CCc1ccccc1)NC(=O)C(N)CC(=O)N(CCN)CCN. The van der Waals surface area contributed by atoms with Crippen LogP contribution in [0.4, 0.5) is 5.69 Å². The number of rotatable bonds is 13. The van der Waals surface area contributed by atoms with E-state index in [1.54, 1.807) is 0 Å². The Morgan fingerprint density at radius 3 is 2.08 bits per heavy atom. The third kappa shape index (κ3) is 9.60. The van der Waals surface area contributed by atoms with E-state index in [1.165, 1.54) is 4.90 Å². The smallest absolute Gasteiger partial charge is 0.246 e. The number of amides is 3. The van der Waals surface area contributed by atoms with Crippen LogP contribution in [0.5, 0.6) is 0 Å². The molecule has 0 bridgehead atoms. The van der Waals surface area contributed by atoms with Crippen LogP contribution < -0.4 is 27.8 Å². The molecule has 2 rings (SSSR count). The number of benzene rings is 2. The summed E-state index contributed by atoms with van der Waals surface area (Å²) in [5.41, 5.74) is 19.8. The van der Waals surface area contributed by atoms with E-state index in [2.05, 4.69) is 31.4 Å². The molecule has 9 heteroatoms. The number of para-hydroxylation sites is 1. The Hall–Kier alpha value is -3.27. The monoisotopic (exact) mass is 510 g/mol. The van der Waals surface area contributed by atoms with E-state index in [-0.39, 0.29) is 36.7 Å². The van der Waals surface area contributed by atoms with Gasteiger partial charge in [-0.25, -0.2) is 0 Å². The van der Waals surface area contributed by atoms with Crippen molar-refractivity contribution in [3.63, 3.8) is 0 Å². The summed E-state index contributed by atoms with van der Waals surface area (Å²) in [4.78, 5) is 40.5. The minimum absolute atomic E-state index is 0.186. The quantitative estimate of drug-likeness (QED) is 0.275. The van der Waals surface area contributed by atoms with Crippen molar-refractivity contribution in [3.05, 3.63) is 65.7 Å². The van der Waals surface area contributed by atoms with Gasteiger partial charge in [0.1, 0.15) is 6.04 Å². The number of aryl methyl sites for hydroxylation is 1. The van der Waals surface area contributed by atoms with E-state index in [4.69, 9.17) is 17.2 Å². The normalized spacial score (nSPS) is 12.9. The van der Waals surface area contributed by atoms with Crippen molar-refractivity contribution in [1.29, 1.82) is 0 Å². The van der Waals surface area contributed by atoms with Crippen molar-refractivity contribution in [2.24, 2.45) is 17.2 Å². The number of nitrogens with zero attached hydrogens (tertiary/aromatic N) is 1. The minimum Gasteiger partial charge on any atom is -0.343 e. The van der Waals surface area contributed by atoms with E-state index in [0.29, 0.717) is 31.6 Å². The second kappa shape index (κ2) is 14.5. The maximum absolute atomic E-state index is 13.4. The van der Waals surface area contributed by atoms with Gasteiger partial charge in [-0.1, -0.05) is 69.3 Å². The molecule has 8 N–H and O–H groups in total. The summed E-state index contributed by atoms with van der Waals surface area (Å²) in [6.07, 6.45) is 0.743. The van der Waals surface area contributed by atoms with E-state index < -0.39 is 18.0 Å². The average Bonchev–Trinajstić information content (AvgIpc) is 2.86. The number of anilines is 1. The zero-order valence-electron chi connectivity index (χ0n) is 22.2. The number of nitrogens with one attached hydrogen (secondary N) is 2. The third-order valence-corrected chi connectivity index (χ3v) is 6.07. The molecular formula is C28H42N6O3. The fraction of sp³-hybridized carbons (Fsp3) is 0.464. The number of hydrogen-bond acceptors (Lipinski definition) is 6. The van der Waals surface area contributed by atoms with Gasteiger partial charge in [-0.3, -0.25) is 14.4 Å². The summed E-state index contributed by atoms with van der Waals surface area (Å²) < 4.78 is 0. The Balaban J connectivity index is 2.16. The molecule has 2 unspecified atom stereocenters. The summed E-state index contributed by atoms with van der Waals surface area (Å²) in [5.74, 6) is -1.21. The largest absolute Gasteiger partial charge is 0.343 e. The third-order valence-electron chi connectivity index (χ3n) is 6.07. The standard InChI is InChI=1S/C28H42N6O3/c1-28(2,3)21-11-7-8-12-23(21)32-27(37)24(14-13-20-9-5-4-6-10-20)33-26(36)22(31)19-25(35)34(17-15-29)18-16-30/h4-12,22,24H,13-19,29-31H2,1-3H3,(H,32,37)(H,33,36). The van der Waals surface area contributed by atoms with Crippen LogP contribution in [0.3, 0.4) is 0 Å². The second-order valence-electron chi connectivity index (χ2n) is 10.1. The summed E-state index contributed by atoms with van der Waals surface area (Å²) in [6, 6.07) is 15.4. The van der Waals surface area contributed by atoms with E-state index in [1.807, 2.05) is 54.6 Å². The Labute approximate surface area is 220 Å². The lowest BCUT2D eigenvalue weighted by atomic mass is 9.85. The molecular weight excluding hydrogens is 468 g/mol. The molecule has 0 saturated heterocycles. The first kappa shape index (κ1) is 30.0. The highest BCUT2D eigenvalue weighted by Gasteiger charge is 2.27. The van der Waals surface area contributed by atoms with Crippen molar-refractivity contribution in [3.8, 4) is 0 Å². The molecule has 0 spiro atoms. The van der Waals surface area contributed by atoms with Gasteiger partial charge in [0.15, 0.2) is 0 Å².